The Kier molecular flexibility index (Phi) is 4.59. The van der Waals surface area contributed by atoms with Crippen LogP contribution in [0.25, 0.3) is 0 Å². The second-order valence-corrected chi connectivity index (χ2v) is 7.07. The number of likely N-dealkylation sites (tertiary alicyclic amines) is 1. The molecule has 120 valence electrons. The summed E-state index contributed by atoms with van der Waals surface area (Å²) in [6.07, 6.45) is 0.253. The summed E-state index contributed by atoms with van der Waals surface area (Å²) in [6.45, 7) is 10.2. The number of carbonyl (C=O) groups is 2. The van der Waals surface area contributed by atoms with Crippen molar-refractivity contribution in [3.8, 4) is 0 Å². The Balaban J connectivity index is 2.09. The molecular weight excluding hydrogens is 278 g/mol. The summed E-state index contributed by atoms with van der Waals surface area (Å²) in [5.41, 5.74) is 2.84. The Bertz CT molecular complexity index is 586. The summed E-state index contributed by atoms with van der Waals surface area (Å²) in [7, 11) is 0. The highest BCUT2D eigenvalue weighted by Crippen LogP contribution is 2.29. The molecule has 4 nitrogen and oxygen atoms in total. The van der Waals surface area contributed by atoms with Gasteiger partial charge < -0.3 is 9.64 Å². The molecule has 1 saturated heterocycles. The fourth-order valence-corrected chi connectivity index (χ4v) is 2.77. The minimum Gasteiger partial charge on any atom is -0.444 e. The maximum absolute atomic E-state index is 12.5. The molecule has 0 radical (unpaired) electrons. The molecule has 22 heavy (non-hydrogen) atoms. The van der Waals surface area contributed by atoms with E-state index in [1.54, 1.807) is 0 Å². The van der Waals surface area contributed by atoms with Crippen molar-refractivity contribution in [2.24, 2.45) is 0 Å². The van der Waals surface area contributed by atoms with E-state index in [0.717, 1.165) is 16.7 Å². The van der Waals surface area contributed by atoms with Gasteiger partial charge in [-0.3, -0.25) is 4.79 Å². The zero-order chi connectivity index (χ0) is 16.5. The quantitative estimate of drug-likeness (QED) is 0.796. The monoisotopic (exact) mass is 303 g/mol. The Hall–Kier alpha value is -1.84. The van der Waals surface area contributed by atoms with Crippen molar-refractivity contribution in [2.45, 2.75) is 52.6 Å². The van der Waals surface area contributed by atoms with Gasteiger partial charge >= 0.3 is 6.09 Å². The molecule has 1 aliphatic heterocycles. The zero-order valence-electron chi connectivity index (χ0n) is 14.1. The van der Waals surface area contributed by atoms with E-state index in [4.69, 9.17) is 4.74 Å². The van der Waals surface area contributed by atoms with E-state index >= 15 is 0 Å². The lowest BCUT2D eigenvalue weighted by molar-refractivity contribution is -0.123. The van der Waals surface area contributed by atoms with E-state index < -0.39 is 11.7 Å². The molecule has 1 heterocycles. The predicted molar refractivity (Wildman–Crippen MR) is 86.1 cm³/mol. The lowest BCUT2D eigenvalue weighted by Gasteiger charge is -2.33. The van der Waals surface area contributed by atoms with Gasteiger partial charge in [0.25, 0.3) is 0 Å². The third-order valence-corrected chi connectivity index (χ3v) is 3.88. The molecule has 1 aromatic carbocycles. The van der Waals surface area contributed by atoms with E-state index in [-0.39, 0.29) is 18.2 Å². The molecule has 2 rings (SSSR count). The van der Waals surface area contributed by atoms with Crippen LogP contribution >= 0.6 is 0 Å². The van der Waals surface area contributed by atoms with Crippen LogP contribution in [0.1, 0.15) is 49.8 Å². The van der Waals surface area contributed by atoms with Gasteiger partial charge in [-0.1, -0.05) is 23.8 Å². The lowest BCUT2D eigenvalue weighted by Crippen LogP contribution is -2.45. The zero-order valence-corrected chi connectivity index (χ0v) is 14.1. The third kappa shape index (κ3) is 3.87. The minimum absolute atomic E-state index is 0.0887. The number of Topliss-reactive ketones (excluding diaryl/α,β-unsaturated/α-hetero) is 1. The van der Waals surface area contributed by atoms with Crippen LogP contribution in [0.15, 0.2) is 18.2 Å². The molecule has 1 atom stereocenters. The summed E-state index contributed by atoms with van der Waals surface area (Å²) in [4.78, 5) is 26.1. The van der Waals surface area contributed by atoms with Crippen LogP contribution in [-0.2, 0) is 9.53 Å². The van der Waals surface area contributed by atoms with Crippen molar-refractivity contribution in [1.82, 2.24) is 4.90 Å². The van der Waals surface area contributed by atoms with Crippen LogP contribution < -0.4 is 0 Å². The summed E-state index contributed by atoms with van der Waals surface area (Å²) >= 11 is 0. The SMILES string of the molecule is Cc1ccc(C)c(C2CCN(C(=O)OC(C)(C)C)CC2=O)c1. The number of rotatable bonds is 1. The molecule has 0 bridgehead atoms. The molecule has 0 aromatic heterocycles. The number of carbonyl (C=O) groups excluding carboxylic acids is 2. The number of amides is 1. The Morgan fingerprint density at radius 1 is 1.27 bits per heavy atom. The smallest absolute Gasteiger partial charge is 0.410 e. The van der Waals surface area contributed by atoms with Gasteiger partial charge in [0, 0.05) is 12.5 Å². The molecule has 0 spiro atoms. The summed E-state index contributed by atoms with van der Waals surface area (Å²) in [6, 6.07) is 6.19. The minimum atomic E-state index is -0.538. The number of hydrogen-bond donors (Lipinski definition) is 0. The van der Waals surface area contributed by atoms with E-state index in [1.165, 1.54) is 4.90 Å². The van der Waals surface area contributed by atoms with Crippen molar-refractivity contribution >= 4 is 11.9 Å². The van der Waals surface area contributed by atoms with Gasteiger partial charge in [-0.15, -0.1) is 0 Å². The molecule has 0 aliphatic carbocycles. The van der Waals surface area contributed by atoms with Crippen molar-refractivity contribution in [3.63, 3.8) is 0 Å². The van der Waals surface area contributed by atoms with Gasteiger partial charge in [-0.05, 0) is 52.2 Å². The van der Waals surface area contributed by atoms with Crippen molar-refractivity contribution < 1.29 is 14.3 Å². The van der Waals surface area contributed by atoms with Gasteiger partial charge in [-0.25, -0.2) is 4.79 Å². The Morgan fingerprint density at radius 3 is 2.55 bits per heavy atom. The molecule has 1 aromatic rings. The average molecular weight is 303 g/mol. The van der Waals surface area contributed by atoms with Gasteiger partial charge in [0.2, 0.25) is 0 Å². The summed E-state index contributed by atoms with van der Waals surface area (Å²) in [5, 5.41) is 0. The normalized spacial score (nSPS) is 19.2. The largest absolute Gasteiger partial charge is 0.444 e. The first-order chi connectivity index (χ1) is 10.2. The standard InChI is InChI=1S/C18H25NO3/c1-12-6-7-13(2)15(10-12)14-8-9-19(11-16(14)20)17(21)22-18(3,4)5/h6-7,10,14H,8-9,11H2,1-5H3. The van der Waals surface area contributed by atoms with E-state index in [1.807, 2.05) is 34.6 Å². The summed E-state index contributed by atoms with van der Waals surface area (Å²) < 4.78 is 5.34. The maximum Gasteiger partial charge on any atom is 0.410 e. The molecule has 0 saturated carbocycles. The maximum atomic E-state index is 12.5. The number of ketones is 1. The number of piperidine rings is 1. The lowest BCUT2D eigenvalue weighted by atomic mass is 9.85. The van der Waals surface area contributed by atoms with Crippen LogP contribution in [0.4, 0.5) is 4.79 Å². The van der Waals surface area contributed by atoms with Crippen LogP contribution in [0.3, 0.4) is 0 Å². The second-order valence-electron chi connectivity index (χ2n) is 7.07. The second kappa shape index (κ2) is 6.11. The Morgan fingerprint density at radius 2 is 1.95 bits per heavy atom. The third-order valence-electron chi connectivity index (χ3n) is 3.88. The molecule has 1 amide bonds. The fourth-order valence-electron chi connectivity index (χ4n) is 2.77. The molecule has 1 unspecified atom stereocenters. The van der Waals surface area contributed by atoms with Crippen LogP contribution in [0.5, 0.6) is 0 Å². The average Bonchev–Trinajstić information content (AvgIpc) is 2.40. The molecular formula is C18H25NO3. The number of ether oxygens (including phenoxy) is 1. The van der Waals surface area contributed by atoms with Crippen LogP contribution in [0, 0.1) is 13.8 Å². The summed E-state index contributed by atoms with van der Waals surface area (Å²) in [5.74, 6) is -0.0237. The van der Waals surface area contributed by atoms with Gasteiger partial charge in [-0.2, -0.15) is 0 Å². The van der Waals surface area contributed by atoms with Crippen LogP contribution in [0.2, 0.25) is 0 Å². The van der Waals surface area contributed by atoms with E-state index in [9.17, 15) is 9.59 Å². The first-order valence-corrected chi connectivity index (χ1v) is 7.75. The first-order valence-electron chi connectivity index (χ1n) is 7.75. The van der Waals surface area contributed by atoms with Gasteiger partial charge in [0.15, 0.2) is 5.78 Å². The highest BCUT2D eigenvalue weighted by atomic mass is 16.6. The van der Waals surface area contributed by atoms with Crippen molar-refractivity contribution in [3.05, 3.63) is 34.9 Å². The number of aryl methyl sites for hydroxylation is 2. The fraction of sp³-hybridized carbons (Fsp3) is 0.556. The number of benzene rings is 1. The number of nitrogens with zero attached hydrogens (tertiary/aromatic N) is 1. The van der Waals surface area contributed by atoms with Crippen LogP contribution in [-0.4, -0.2) is 35.5 Å². The predicted octanol–water partition coefficient (Wildman–Crippen LogP) is 3.60. The van der Waals surface area contributed by atoms with E-state index in [0.29, 0.717) is 13.0 Å². The Labute approximate surface area is 132 Å². The van der Waals surface area contributed by atoms with Gasteiger partial charge in [0.05, 0.1) is 6.54 Å². The topological polar surface area (TPSA) is 46.6 Å². The molecule has 1 aliphatic rings. The highest BCUT2D eigenvalue weighted by Gasteiger charge is 2.33. The number of hydrogen-bond acceptors (Lipinski definition) is 3. The van der Waals surface area contributed by atoms with Gasteiger partial charge in [0.1, 0.15) is 5.60 Å². The highest BCUT2D eigenvalue weighted by molar-refractivity contribution is 5.91. The van der Waals surface area contributed by atoms with E-state index in [2.05, 4.69) is 18.2 Å². The molecule has 4 heteroatoms. The molecule has 1 fully saturated rings. The van der Waals surface area contributed by atoms with Crippen molar-refractivity contribution in [2.75, 3.05) is 13.1 Å². The first kappa shape index (κ1) is 16.5. The van der Waals surface area contributed by atoms with Crippen molar-refractivity contribution in [1.29, 1.82) is 0 Å². The molecule has 0 N–H and O–H groups in total.